The predicted octanol–water partition coefficient (Wildman–Crippen LogP) is 1.87. The largest absolute Gasteiger partial charge is 0.394 e. The average Bonchev–Trinajstić information content (AvgIpc) is 2.46. The molecule has 0 saturated carbocycles. The number of anilines is 1. The van der Waals surface area contributed by atoms with E-state index in [9.17, 15) is 10.1 Å². The lowest BCUT2D eigenvalue weighted by Gasteiger charge is -2.11. The number of non-ortho nitro benzene ring substituents is 1. The summed E-state index contributed by atoms with van der Waals surface area (Å²) >= 11 is 0. The number of hydrogen-bond acceptors (Lipinski definition) is 6. The maximum Gasteiger partial charge on any atom is 0.270 e. The van der Waals surface area contributed by atoms with E-state index in [0.717, 1.165) is 11.4 Å². The van der Waals surface area contributed by atoms with E-state index in [-0.39, 0.29) is 12.3 Å². The molecule has 0 atom stereocenters. The number of aryl methyl sites for hydroxylation is 1. The molecule has 0 unspecified atom stereocenters. The normalized spacial score (nSPS) is 10.8. The molecule has 0 radical (unpaired) electrons. The van der Waals surface area contributed by atoms with Crippen LogP contribution in [0.25, 0.3) is 10.9 Å². The van der Waals surface area contributed by atoms with E-state index in [1.54, 1.807) is 6.07 Å². The summed E-state index contributed by atoms with van der Waals surface area (Å²) in [4.78, 5) is 14.8. The third-order valence-electron chi connectivity index (χ3n) is 2.93. The molecular formula is C14H17N3O4. The summed E-state index contributed by atoms with van der Waals surface area (Å²) in [6.07, 6.45) is 0. The van der Waals surface area contributed by atoms with Crippen LogP contribution in [0.4, 0.5) is 11.4 Å². The number of hydrogen-bond donors (Lipinski definition) is 2. The lowest BCUT2D eigenvalue weighted by atomic mass is 10.1. The highest BCUT2D eigenvalue weighted by atomic mass is 16.6. The summed E-state index contributed by atoms with van der Waals surface area (Å²) in [5.74, 6) is 0. The second-order valence-electron chi connectivity index (χ2n) is 4.53. The quantitative estimate of drug-likeness (QED) is 0.459. The molecule has 0 aliphatic heterocycles. The number of nitrogens with zero attached hydrogens (tertiary/aromatic N) is 2. The molecule has 1 aromatic heterocycles. The third kappa shape index (κ3) is 3.87. The van der Waals surface area contributed by atoms with Crippen LogP contribution in [0.15, 0.2) is 24.3 Å². The van der Waals surface area contributed by atoms with E-state index in [1.807, 2.05) is 13.0 Å². The van der Waals surface area contributed by atoms with Gasteiger partial charge < -0.3 is 15.2 Å². The van der Waals surface area contributed by atoms with E-state index >= 15 is 0 Å². The van der Waals surface area contributed by atoms with Crippen LogP contribution >= 0.6 is 0 Å². The van der Waals surface area contributed by atoms with Gasteiger partial charge in [-0.2, -0.15) is 0 Å². The minimum absolute atomic E-state index is 0.0104. The first-order chi connectivity index (χ1) is 10.1. The van der Waals surface area contributed by atoms with Crippen LogP contribution in [0.1, 0.15) is 5.69 Å². The molecule has 21 heavy (non-hydrogen) atoms. The van der Waals surface area contributed by atoms with Crippen LogP contribution in [-0.2, 0) is 4.74 Å². The number of nitro benzene ring substituents is 1. The number of pyridine rings is 1. The smallest absolute Gasteiger partial charge is 0.270 e. The van der Waals surface area contributed by atoms with Crippen LogP contribution in [0.3, 0.4) is 0 Å². The lowest BCUT2D eigenvalue weighted by molar-refractivity contribution is -0.384. The van der Waals surface area contributed by atoms with Crippen molar-refractivity contribution in [3.05, 3.63) is 40.1 Å². The number of nitrogens with one attached hydrogen (secondary N) is 1. The standard InChI is InChI=1S/C14H17N3O4/c1-10-8-14(15-4-6-21-7-5-18)12-9-11(17(19)20)2-3-13(12)16-10/h2-3,8-9,18H,4-7H2,1H3,(H,15,16). The molecule has 112 valence electrons. The molecule has 0 saturated heterocycles. The number of aliphatic hydroxyl groups is 1. The zero-order chi connectivity index (χ0) is 15.2. The SMILES string of the molecule is Cc1cc(NCCOCCO)c2cc([N+](=O)[O-])ccc2n1. The Labute approximate surface area is 121 Å². The van der Waals surface area contributed by atoms with Crippen molar-refractivity contribution < 1.29 is 14.8 Å². The fourth-order valence-corrected chi connectivity index (χ4v) is 2.03. The van der Waals surface area contributed by atoms with Gasteiger partial charge in [-0.05, 0) is 19.1 Å². The van der Waals surface area contributed by atoms with Gasteiger partial charge in [0.25, 0.3) is 5.69 Å². The molecule has 0 aliphatic rings. The highest BCUT2D eigenvalue weighted by molar-refractivity contribution is 5.93. The van der Waals surface area contributed by atoms with Crippen LogP contribution < -0.4 is 5.32 Å². The Morgan fingerprint density at radius 3 is 2.90 bits per heavy atom. The molecule has 2 N–H and O–H groups in total. The van der Waals surface area contributed by atoms with Gasteiger partial charge in [0.2, 0.25) is 0 Å². The minimum Gasteiger partial charge on any atom is -0.394 e. The first kappa shape index (κ1) is 15.1. The van der Waals surface area contributed by atoms with Crippen molar-refractivity contribution in [2.75, 3.05) is 31.7 Å². The lowest BCUT2D eigenvalue weighted by Crippen LogP contribution is -2.11. The molecule has 1 heterocycles. The van der Waals surface area contributed by atoms with Crippen molar-refractivity contribution in [1.82, 2.24) is 4.98 Å². The van der Waals surface area contributed by atoms with Gasteiger partial charge >= 0.3 is 0 Å². The van der Waals surface area contributed by atoms with Gasteiger partial charge in [0, 0.05) is 35.4 Å². The van der Waals surface area contributed by atoms with Gasteiger partial charge in [-0.3, -0.25) is 15.1 Å². The highest BCUT2D eigenvalue weighted by Gasteiger charge is 2.10. The van der Waals surface area contributed by atoms with Crippen LogP contribution in [-0.4, -0.2) is 41.4 Å². The maximum atomic E-state index is 10.9. The van der Waals surface area contributed by atoms with Crippen LogP contribution in [0, 0.1) is 17.0 Å². The van der Waals surface area contributed by atoms with Crippen molar-refractivity contribution >= 4 is 22.3 Å². The number of benzene rings is 1. The van der Waals surface area contributed by atoms with Crippen molar-refractivity contribution in [1.29, 1.82) is 0 Å². The molecule has 1 aromatic carbocycles. The fraction of sp³-hybridized carbons (Fsp3) is 0.357. The summed E-state index contributed by atoms with van der Waals surface area (Å²) < 4.78 is 5.17. The Morgan fingerprint density at radius 1 is 1.38 bits per heavy atom. The zero-order valence-corrected chi connectivity index (χ0v) is 11.7. The zero-order valence-electron chi connectivity index (χ0n) is 11.7. The first-order valence-corrected chi connectivity index (χ1v) is 6.60. The van der Waals surface area contributed by atoms with Gasteiger partial charge in [0.05, 0.1) is 30.3 Å². The van der Waals surface area contributed by atoms with E-state index in [4.69, 9.17) is 9.84 Å². The van der Waals surface area contributed by atoms with Gasteiger partial charge in [-0.15, -0.1) is 0 Å². The molecule has 2 aromatic rings. The third-order valence-corrected chi connectivity index (χ3v) is 2.93. The van der Waals surface area contributed by atoms with Gasteiger partial charge in [0.15, 0.2) is 0 Å². The van der Waals surface area contributed by atoms with E-state index < -0.39 is 4.92 Å². The van der Waals surface area contributed by atoms with Crippen LogP contribution in [0.5, 0.6) is 0 Å². The van der Waals surface area contributed by atoms with Crippen molar-refractivity contribution in [2.24, 2.45) is 0 Å². The molecular weight excluding hydrogens is 274 g/mol. The second-order valence-corrected chi connectivity index (χ2v) is 4.53. The van der Waals surface area contributed by atoms with E-state index in [1.165, 1.54) is 12.1 Å². The molecule has 0 fully saturated rings. The molecule has 0 spiro atoms. The molecule has 7 nitrogen and oxygen atoms in total. The minimum atomic E-state index is -0.423. The van der Waals surface area contributed by atoms with Crippen molar-refractivity contribution in [2.45, 2.75) is 6.92 Å². The molecule has 0 bridgehead atoms. The Morgan fingerprint density at radius 2 is 2.19 bits per heavy atom. The fourth-order valence-electron chi connectivity index (χ4n) is 2.03. The number of ether oxygens (including phenoxy) is 1. The summed E-state index contributed by atoms with van der Waals surface area (Å²) in [5, 5.41) is 23.4. The van der Waals surface area contributed by atoms with Crippen molar-refractivity contribution in [3.8, 4) is 0 Å². The molecule has 2 rings (SSSR count). The summed E-state index contributed by atoms with van der Waals surface area (Å²) in [6, 6.07) is 6.45. The van der Waals surface area contributed by atoms with E-state index in [2.05, 4.69) is 10.3 Å². The Kier molecular flexibility index (Phi) is 5.02. The summed E-state index contributed by atoms with van der Waals surface area (Å²) in [6.45, 7) is 3.14. The number of aromatic nitrogens is 1. The molecule has 0 aliphatic carbocycles. The van der Waals surface area contributed by atoms with Crippen molar-refractivity contribution in [3.63, 3.8) is 0 Å². The highest BCUT2D eigenvalue weighted by Crippen LogP contribution is 2.27. The number of rotatable bonds is 7. The van der Waals surface area contributed by atoms with Gasteiger partial charge in [-0.25, -0.2) is 0 Å². The number of nitro groups is 1. The second kappa shape index (κ2) is 6.96. The summed E-state index contributed by atoms with van der Waals surface area (Å²) in [7, 11) is 0. The Hall–Kier alpha value is -2.25. The van der Waals surface area contributed by atoms with Gasteiger partial charge in [-0.1, -0.05) is 0 Å². The monoisotopic (exact) mass is 291 g/mol. The molecule has 0 amide bonds. The molecule has 7 heteroatoms. The summed E-state index contributed by atoms with van der Waals surface area (Å²) in [5.41, 5.74) is 2.36. The van der Waals surface area contributed by atoms with Gasteiger partial charge in [0.1, 0.15) is 0 Å². The average molecular weight is 291 g/mol. The Balaban J connectivity index is 2.23. The topological polar surface area (TPSA) is 97.5 Å². The maximum absolute atomic E-state index is 10.9. The first-order valence-electron chi connectivity index (χ1n) is 6.60. The van der Waals surface area contributed by atoms with Crippen LogP contribution in [0.2, 0.25) is 0 Å². The number of fused-ring (bicyclic) bond motifs is 1. The predicted molar refractivity (Wildman–Crippen MR) is 79.5 cm³/mol. The van der Waals surface area contributed by atoms with E-state index in [0.29, 0.717) is 30.7 Å². The Bertz CT molecular complexity index is 645. The number of aliphatic hydroxyl groups excluding tert-OH is 1.